The van der Waals surface area contributed by atoms with E-state index in [1.165, 1.54) is 12.1 Å². The Bertz CT molecular complexity index is 4240. The van der Waals surface area contributed by atoms with E-state index < -0.39 is 48.9 Å². The summed E-state index contributed by atoms with van der Waals surface area (Å²) in [6, 6.07) is 43.4. The maximum Gasteiger partial charge on any atom is 0.523 e. The number of alkyl halides is 6. The van der Waals surface area contributed by atoms with E-state index in [0.717, 1.165) is 72.6 Å². The first-order chi connectivity index (χ1) is 42.2. The van der Waals surface area contributed by atoms with E-state index in [9.17, 15) is 62.4 Å². The summed E-state index contributed by atoms with van der Waals surface area (Å²) in [6.45, 7) is 2.39. The number of rotatable bonds is 13. The van der Waals surface area contributed by atoms with Crippen LogP contribution in [0.25, 0.3) is 16.7 Å². The monoisotopic (exact) mass is 1280 g/mol. The fourth-order valence-corrected chi connectivity index (χ4v) is 10.0. The van der Waals surface area contributed by atoms with Crippen molar-refractivity contribution in [3.8, 4) is 28.7 Å². The van der Waals surface area contributed by atoms with Crippen molar-refractivity contribution in [1.82, 2.24) is 29.0 Å². The molecular formula is C59H51F6N7O15S2. The van der Waals surface area contributed by atoms with Gasteiger partial charge in [0.25, 0.3) is 5.91 Å². The number of para-hydroxylation sites is 1. The molecule has 0 atom stereocenters. The number of carbonyl (C=O) groups excluding carboxylic acids is 3. The van der Waals surface area contributed by atoms with Crippen LogP contribution in [0.15, 0.2) is 173 Å². The number of phenolic OH excluding ortho intramolecular Hbond substituents is 1. The van der Waals surface area contributed by atoms with Gasteiger partial charge in [0.1, 0.15) is 23.0 Å². The van der Waals surface area contributed by atoms with Gasteiger partial charge in [0.05, 0.1) is 24.9 Å². The van der Waals surface area contributed by atoms with Crippen molar-refractivity contribution in [3.05, 3.63) is 202 Å². The Morgan fingerprint density at radius 3 is 1.96 bits per heavy atom. The molecule has 1 saturated heterocycles. The second-order valence-electron chi connectivity index (χ2n) is 19.8. The second-order valence-corrected chi connectivity index (χ2v) is 23.0. The van der Waals surface area contributed by atoms with Crippen LogP contribution < -0.4 is 25.3 Å². The quantitative estimate of drug-likeness (QED) is 0.0271. The van der Waals surface area contributed by atoms with Gasteiger partial charge in [-0.05, 0) is 111 Å². The zero-order valence-corrected chi connectivity index (χ0v) is 48.3. The number of likely N-dealkylation sites (tertiary alicyclic amines) is 1. The lowest BCUT2D eigenvalue weighted by atomic mass is 10.0. The number of aromatic hydroxyl groups is 1. The van der Waals surface area contributed by atoms with Crippen molar-refractivity contribution >= 4 is 66.5 Å². The molecule has 9 aromatic rings. The van der Waals surface area contributed by atoms with Gasteiger partial charge in [-0.25, -0.2) is 17.7 Å². The van der Waals surface area contributed by atoms with Crippen LogP contribution in [-0.2, 0) is 57.6 Å². The number of esters is 2. The van der Waals surface area contributed by atoms with E-state index >= 15 is 0 Å². The molecule has 2 N–H and O–H groups in total. The normalized spacial score (nSPS) is 14.3. The number of aromatic nitrogens is 4. The van der Waals surface area contributed by atoms with Crippen molar-refractivity contribution in [2.75, 3.05) is 32.5 Å². The predicted molar refractivity (Wildman–Crippen MR) is 306 cm³/mol. The van der Waals surface area contributed by atoms with Crippen LogP contribution in [0.4, 0.5) is 38.0 Å². The van der Waals surface area contributed by atoms with Crippen molar-refractivity contribution in [2.24, 2.45) is 0 Å². The number of nitrogens with one attached hydrogen (secondary N) is 1. The molecule has 0 aliphatic carbocycles. The van der Waals surface area contributed by atoms with Crippen molar-refractivity contribution < 1.29 is 89.7 Å². The molecule has 0 unspecified atom stereocenters. The zero-order valence-electron chi connectivity index (χ0n) is 46.6. The van der Waals surface area contributed by atoms with Crippen LogP contribution in [-0.4, -0.2) is 113 Å². The summed E-state index contributed by atoms with van der Waals surface area (Å²) in [6.07, 6.45) is 1.44. The fraction of sp³-hybridized carbons (Fsp3) is 0.220. The molecule has 6 aromatic carbocycles. The minimum atomic E-state index is -6.42. The highest BCUT2D eigenvalue weighted by Gasteiger charge is 2.53. The lowest BCUT2D eigenvalue weighted by Crippen LogP contribution is -2.44. The van der Waals surface area contributed by atoms with Crippen molar-refractivity contribution in [2.45, 2.75) is 55.6 Å². The lowest BCUT2D eigenvalue weighted by molar-refractivity contribution is -0.132. The van der Waals surface area contributed by atoms with Gasteiger partial charge in [0.2, 0.25) is 12.2 Å². The minimum Gasteiger partial charge on any atom is -0.508 e. The number of halogens is 6. The Labute approximate surface area is 502 Å². The number of carbonyl (C=O) groups is 3. The van der Waals surface area contributed by atoms with Crippen molar-refractivity contribution in [1.29, 1.82) is 0 Å². The lowest BCUT2D eigenvalue weighted by Gasteiger charge is -2.35. The second kappa shape index (κ2) is 26.8. The Balaban J connectivity index is 0.000000175. The molecule has 1 amide bonds. The molecule has 466 valence electrons. The molecule has 30 heteroatoms. The molecule has 22 nitrogen and oxygen atoms in total. The molecule has 0 radical (unpaired) electrons. The summed E-state index contributed by atoms with van der Waals surface area (Å²) in [5.74, 6) is 2.04. The van der Waals surface area contributed by atoms with Crippen LogP contribution in [0, 0.1) is 0 Å². The first-order valence-corrected chi connectivity index (χ1v) is 29.4. The molecule has 0 spiro atoms. The summed E-state index contributed by atoms with van der Waals surface area (Å²) in [7, 11) is -8.83. The van der Waals surface area contributed by atoms with E-state index in [1.54, 1.807) is 51.7 Å². The largest absolute Gasteiger partial charge is 0.523 e. The van der Waals surface area contributed by atoms with Crippen LogP contribution in [0.3, 0.4) is 0 Å². The summed E-state index contributed by atoms with van der Waals surface area (Å²) in [4.78, 5) is 55.9. The Morgan fingerprint density at radius 2 is 1.33 bits per heavy atom. The number of nitrogens with zero attached hydrogens (tertiary/aromatic N) is 6. The van der Waals surface area contributed by atoms with Gasteiger partial charge in [-0.15, -0.1) is 5.10 Å². The average Bonchev–Trinajstić information content (AvgIpc) is 2.19. The topological polar surface area (TPSA) is 270 Å². The predicted octanol–water partition coefficient (Wildman–Crippen LogP) is 9.81. The van der Waals surface area contributed by atoms with Gasteiger partial charge in [0.15, 0.2) is 17.0 Å². The number of hydrogen-bond acceptors (Lipinski definition) is 19. The minimum absolute atomic E-state index is 0.0226. The first-order valence-electron chi connectivity index (χ1n) is 26.6. The van der Waals surface area contributed by atoms with E-state index in [1.807, 2.05) is 96.9 Å². The zero-order chi connectivity index (χ0) is 63.8. The molecule has 6 heterocycles. The first kappa shape index (κ1) is 63.9. The molecule has 3 aromatic heterocycles. The van der Waals surface area contributed by atoms with Crippen LogP contribution >= 0.6 is 0 Å². The molecule has 89 heavy (non-hydrogen) atoms. The molecule has 0 saturated carbocycles. The molecule has 3 aliphatic rings. The number of piperidine rings is 1. The summed E-state index contributed by atoms with van der Waals surface area (Å²) in [5.41, 5.74) is -6.91. The number of anilines is 2. The SMILES string of the molecule is CN1CCC(N(C)C(=O)c2ccc(Nc3nc4c(Oc5ccc6oc(=O)n(Cc7ccccc7)c6c5)cccn4n3)cc2)CC1.O=C1Cc2cc(O)ccc2O1.O=C1Cc2ccccc2O1.O=S(=O)(OC(OS(=O)(=O)C(F)(F)F)c1ccccc1)C(F)(F)F. The maximum absolute atomic E-state index is 13.1. The smallest absolute Gasteiger partial charge is 0.508 e. The summed E-state index contributed by atoms with van der Waals surface area (Å²) >= 11 is 0. The molecule has 0 bridgehead atoms. The third kappa shape index (κ3) is 15.9. The Hall–Kier alpha value is -9.62. The number of phenols is 1. The summed E-state index contributed by atoms with van der Waals surface area (Å²) < 4.78 is 148. The highest BCUT2D eigenvalue weighted by molar-refractivity contribution is 7.88. The van der Waals surface area contributed by atoms with Crippen LogP contribution in [0.2, 0.25) is 0 Å². The van der Waals surface area contributed by atoms with Gasteiger partial charge in [-0.2, -0.15) is 48.2 Å². The number of benzene rings is 6. The third-order valence-electron chi connectivity index (χ3n) is 13.5. The van der Waals surface area contributed by atoms with E-state index in [-0.39, 0.29) is 36.1 Å². The van der Waals surface area contributed by atoms with Crippen LogP contribution in [0.1, 0.15) is 51.7 Å². The average molecular weight is 1280 g/mol. The van der Waals surface area contributed by atoms with E-state index in [4.69, 9.17) is 23.7 Å². The Morgan fingerprint density at radius 1 is 0.730 bits per heavy atom. The Kier molecular flexibility index (Phi) is 19.2. The standard InChI is InChI=1S/C34H33N7O4.C9H6F6O6S2.C8H6O3.C8H6O2/c1-38-19-16-26(17-20-38)39(2)32(42)24-10-12-25(13-11-24)35-33-36-31-30(9-6-18-41(31)37-33)44-27-14-15-29-28(21-27)40(34(43)45-29)22-23-7-4-3-5-8-23;10-8(11,12)22(16,17)20-7(6-4-2-1-3-5-6)21-23(18,19)9(13,14)15;9-6-1-2-7-5(3-6)4-8(10)11-7;9-8-5-6-3-1-2-4-7(6)10-8/h3-15,18,21,26H,16-17,19-20,22H2,1-2H3,(H,35,37);1-5,7H;1-3,9H,4H2;1-4H,5H2. The number of amides is 1. The maximum atomic E-state index is 13.1. The highest BCUT2D eigenvalue weighted by Crippen LogP contribution is 2.36. The van der Waals surface area contributed by atoms with Crippen molar-refractivity contribution in [3.63, 3.8) is 0 Å². The fourth-order valence-electron chi connectivity index (χ4n) is 9.00. The van der Waals surface area contributed by atoms with Gasteiger partial charge in [-0.3, -0.25) is 19.0 Å². The number of oxazole rings is 1. The van der Waals surface area contributed by atoms with E-state index in [2.05, 4.69) is 35.7 Å². The number of hydrogen-bond donors (Lipinski definition) is 2. The van der Waals surface area contributed by atoms with Crippen LogP contribution in [0.5, 0.6) is 28.7 Å². The van der Waals surface area contributed by atoms with Gasteiger partial charge in [0, 0.05) is 53.3 Å². The van der Waals surface area contributed by atoms with Gasteiger partial charge < -0.3 is 38.9 Å². The van der Waals surface area contributed by atoms with Gasteiger partial charge >= 0.3 is 48.9 Å². The number of fused-ring (bicyclic) bond motifs is 4. The summed E-state index contributed by atoms with van der Waals surface area (Å²) in [5, 5.41) is 16.8. The van der Waals surface area contributed by atoms with E-state index in [0.29, 0.717) is 64.2 Å². The third-order valence-corrected chi connectivity index (χ3v) is 15.5. The molecule has 12 rings (SSSR count). The molecule has 1 fully saturated rings. The number of pyridine rings is 1. The van der Waals surface area contributed by atoms with Gasteiger partial charge in [-0.1, -0.05) is 78.9 Å². The number of ether oxygens (including phenoxy) is 3. The molecular weight excluding hydrogens is 1220 g/mol. The molecule has 3 aliphatic heterocycles. The highest BCUT2D eigenvalue weighted by atomic mass is 32.2.